The van der Waals surface area contributed by atoms with Crippen LogP contribution in [0.3, 0.4) is 0 Å². The fourth-order valence-electron chi connectivity index (χ4n) is 2.43. The summed E-state index contributed by atoms with van der Waals surface area (Å²) in [6.07, 6.45) is 1.12. The molecular formula is C18H17ClN2O2. The van der Waals surface area contributed by atoms with E-state index in [1.54, 1.807) is 24.3 Å². The Hall–Kier alpha value is -2.33. The highest BCUT2D eigenvalue weighted by Gasteiger charge is 2.56. The summed E-state index contributed by atoms with van der Waals surface area (Å²) in [5.74, 6) is -0.526. The first-order valence-electron chi connectivity index (χ1n) is 7.50. The molecule has 2 aromatic carbocycles. The predicted octanol–water partition coefficient (Wildman–Crippen LogP) is 3.38. The molecule has 0 unspecified atom stereocenters. The van der Waals surface area contributed by atoms with Crippen LogP contribution in [0.5, 0.6) is 0 Å². The fourth-order valence-corrected chi connectivity index (χ4v) is 2.62. The average molecular weight is 329 g/mol. The molecule has 0 saturated heterocycles. The van der Waals surface area contributed by atoms with Crippen molar-refractivity contribution >= 4 is 29.1 Å². The molecule has 2 aromatic rings. The van der Waals surface area contributed by atoms with Gasteiger partial charge in [0.15, 0.2) is 0 Å². The minimum atomic E-state index is -0.964. The van der Waals surface area contributed by atoms with Crippen molar-refractivity contribution in [1.82, 2.24) is 5.32 Å². The van der Waals surface area contributed by atoms with E-state index in [2.05, 4.69) is 10.6 Å². The summed E-state index contributed by atoms with van der Waals surface area (Å²) < 4.78 is 0. The summed E-state index contributed by atoms with van der Waals surface area (Å²) in [6.45, 7) is 0.417. The number of hydrogen-bond donors (Lipinski definition) is 2. The molecule has 0 bridgehead atoms. The molecule has 0 aromatic heterocycles. The van der Waals surface area contributed by atoms with Gasteiger partial charge in [-0.05, 0) is 30.5 Å². The number of anilines is 1. The summed E-state index contributed by atoms with van der Waals surface area (Å²) in [7, 11) is 0. The van der Waals surface area contributed by atoms with Gasteiger partial charge in [0, 0.05) is 6.54 Å². The number of rotatable bonds is 5. The van der Waals surface area contributed by atoms with Gasteiger partial charge in [-0.1, -0.05) is 54.1 Å². The van der Waals surface area contributed by atoms with Crippen molar-refractivity contribution in [1.29, 1.82) is 0 Å². The number of benzene rings is 2. The molecule has 2 N–H and O–H groups in total. The number of amides is 2. The maximum Gasteiger partial charge on any atom is 0.240 e. The Morgan fingerprint density at radius 1 is 0.957 bits per heavy atom. The van der Waals surface area contributed by atoms with E-state index in [1.165, 1.54) is 0 Å². The molecule has 3 rings (SSSR count). The zero-order valence-electron chi connectivity index (χ0n) is 12.5. The van der Waals surface area contributed by atoms with Crippen molar-refractivity contribution in [2.24, 2.45) is 5.41 Å². The Bertz CT molecular complexity index is 727. The first-order valence-corrected chi connectivity index (χ1v) is 7.88. The standard InChI is InChI=1S/C18H17ClN2O2/c19-14-8-4-5-9-15(14)21-17(23)18(10-11-18)16(22)20-12-13-6-2-1-3-7-13/h1-9H,10-12H2,(H,20,22)(H,21,23). The third-order valence-corrected chi connectivity index (χ3v) is 4.37. The molecule has 23 heavy (non-hydrogen) atoms. The molecule has 0 radical (unpaired) electrons. The highest BCUT2D eigenvalue weighted by molar-refractivity contribution is 6.34. The lowest BCUT2D eigenvalue weighted by molar-refractivity contribution is -0.134. The Labute approximate surface area is 139 Å². The average Bonchev–Trinajstić information content (AvgIpc) is 3.38. The fraction of sp³-hybridized carbons (Fsp3) is 0.222. The second-order valence-electron chi connectivity index (χ2n) is 5.68. The number of carbonyl (C=O) groups excluding carboxylic acids is 2. The molecule has 0 spiro atoms. The first kappa shape index (κ1) is 15.6. The molecule has 5 heteroatoms. The number of halogens is 1. The molecule has 1 aliphatic carbocycles. The lowest BCUT2D eigenvalue weighted by atomic mass is 10.0. The Morgan fingerprint density at radius 2 is 1.61 bits per heavy atom. The van der Waals surface area contributed by atoms with Gasteiger partial charge < -0.3 is 10.6 Å². The van der Waals surface area contributed by atoms with E-state index >= 15 is 0 Å². The number of para-hydroxylation sites is 1. The molecule has 0 aliphatic heterocycles. The third kappa shape index (κ3) is 3.37. The van der Waals surface area contributed by atoms with Gasteiger partial charge in [0.05, 0.1) is 10.7 Å². The van der Waals surface area contributed by atoms with Crippen LogP contribution in [-0.2, 0) is 16.1 Å². The van der Waals surface area contributed by atoms with E-state index in [-0.39, 0.29) is 11.8 Å². The van der Waals surface area contributed by atoms with Crippen LogP contribution in [0.4, 0.5) is 5.69 Å². The minimum Gasteiger partial charge on any atom is -0.351 e. The summed E-state index contributed by atoms with van der Waals surface area (Å²) in [4.78, 5) is 24.9. The van der Waals surface area contributed by atoms with Gasteiger partial charge in [0.1, 0.15) is 5.41 Å². The zero-order chi connectivity index (χ0) is 16.3. The van der Waals surface area contributed by atoms with Crippen LogP contribution in [0.15, 0.2) is 54.6 Å². The van der Waals surface area contributed by atoms with Crippen LogP contribution < -0.4 is 10.6 Å². The molecule has 4 nitrogen and oxygen atoms in total. The van der Waals surface area contributed by atoms with Crippen LogP contribution in [0, 0.1) is 5.41 Å². The molecule has 118 valence electrons. The number of hydrogen-bond acceptors (Lipinski definition) is 2. The lowest BCUT2D eigenvalue weighted by Crippen LogP contribution is -2.39. The van der Waals surface area contributed by atoms with Crippen molar-refractivity contribution in [3.63, 3.8) is 0 Å². The van der Waals surface area contributed by atoms with E-state index in [4.69, 9.17) is 11.6 Å². The molecule has 0 heterocycles. The second kappa shape index (κ2) is 6.42. The Morgan fingerprint density at radius 3 is 2.26 bits per heavy atom. The van der Waals surface area contributed by atoms with E-state index < -0.39 is 5.41 Å². The van der Waals surface area contributed by atoms with Gasteiger partial charge in [-0.3, -0.25) is 9.59 Å². The van der Waals surface area contributed by atoms with Gasteiger partial charge in [0.2, 0.25) is 11.8 Å². The highest BCUT2D eigenvalue weighted by Crippen LogP contribution is 2.47. The number of carbonyl (C=O) groups is 2. The Balaban J connectivity index is 1.63. The molecular weight excluding hydrogens is 312 g/mol. The molecule has 1 fully saturated rings. The van der Waals surface area contributed by atoms with Gasteiger partial charge in [-0.2, -0.15) is 0 Å². The van der Waals surface area contributed by atoms with Crippen molar-refractivity contribution in [2.45, 2.75) is 19.4 Å². The molecule has 2 amide bonds. The maximum atomic E-state index is 12.5. The SMILES string of the molecule is O=C(NCc1ccccc1)C1(C(=O)Nc2ccccc2Cl)CC1. The third-order valence-electron chi connectivity index (χ3n) is 4.04. The normalized spacial score (nSPS) is 14.8. The Kier molecular flexibility index (Phi) is 4.35. The van der Waals surface area contributed by atoms with Crippen molar-refractivity contribution in [3.05, 3.63) is 65.2 Å². The molecule has 0 atom stereocenters. The minimum absolute atomic E-state index is 0.231. The monoisotopic (exact) mass is 328 g/mol. The topological polar surface area (TPSA) is 58.2 Å². The van der Waals surface area contributed by atoms with Crippen molar-refractivity contribution < 1.29 is 9.59 Å². The summed E-state index contributed by atoms with van der Waals surface area (Å²) >= 11 is 6.04. The van der Waals surface area contributed by atoms with Gasteiger partial charge in [-0.25, -0.2) is 0 Å². The van der Waals surface area contributed by atoms with Crippen molar-refractivity contribution in [2.75, 3.05) is 5.32 Å². The smallest absolute Gasteiger partial charge is 0.240 e. The van der Waals surface area contributed by atoms with Gasteiger partial charge in [0.25, 0.3) is 0 Å². The quantitative estimate of drug-likeness (QED) is 0.827. The zero-order valence-corrected chi connectivity index (χ0v) is 13.3. The first-order chi connectivity index (χ1) is 11.1. The largest absolute Gasteiger partial charge is 0.351 e. The molecule has 1 aliphatic rings. The van der Waals surface area contributed by atoms with Crippen molar-refractivity contribution in [3.8, 4) is 0 Å². The summed E-state index contributed by atoms with van der Waals surface area (Å²) in [6, 6.07) is 16.6. The van der Waals surface area contributed by atoms with Gasteiger partial charge in [-0.15, -0.1) is 0 Å². The summed E-state index contributed by atoms with van der Waals surface area (Å²) in [5, 5.41) is 6.07. The second-order valence-corrected chi connectivity index (χ2v) is 6.09. The predicted molar refractivity (Wildman–Crippen MR) is 90.0 cm³/mol. The van der Waals surface area contributed by atoms with Crippen LogP contribution in [0.25, 0.3) is 0 Å². The van der Waals surface area contributed by atoms with Crippen LogP contribution >= 0.6 is 11.6 Å². The highest BCUT2D eigenvalue weighted by atomic mass is 35.5. The van der Waals surface area contributed by atoms with E-state index in [0.717, 1.165) is 5.56 Å². The lowest BCUT2D eigenvalue weighted by Gasteiger charge is -2.16. The summed E-state index contributed by atoms with van der Waals surface area (Å²) in [5.41, 5.74) is 0.568. The molecule has 1 saturated carbocycles. The maximum absolute atomic E-state index is 12.5. The number of nitrogens with one attached hydrogen (secondary N) is 2. The van der Waals surface area contributed by atoms with E-state index in [1.807, 2.05) is 30.3 Å². The van der Waals surface area contributed by atoms with E-state index in [9.17, 15) is 9.59 Å². The van der Waals surface area contributed by atoms with Gasteiger partial charge >= 0.3 is 0 Å². The van der Waals surface area contributed by atoms with Crippen LogP contribution in [0.1, 0.15) is 18.4 Å². The van der Waals surface area contributed by atoms with Crippen LogP contribution in [0.2, 0.25) is 5.02 Å². The van der Waals surface area contributed by atoms with E-state index in [0.29, 0.717) is 30.1 Å². The van der Waals surface area contributed by atoms with Crippen LogP contribution in [-0.4, -0.2) is 11.8 Å².